The maximum absolute atomic E-state index is 12.2. The van der Waals surface area contributed by atoms with Crippen LogP contribution in [0.25, 0.3) is 0 Å². The molecule has 0 spiro atoms. The number of methoxy groups -OCH3 is 1. The lowest BCUT2D eigenvalue weighted by Crippen LogP contribution is -2.57. The number of hydrogen-bond donors (Lipinski definition) is 1. The fraction of sp³-hybridized carbons (Fsp3) is 0.650. The number of guanidine groups is 1. The predicted molar refractivity (Wildman–Crippen MR) is 128 cm³/mol. The Hall–Kier alpha value is -1.07. The second kappa shape index (κ2) is 11.9. The number of nitrogens with one attached hydrogen (secondary N) is 1. The molecule has 0 bridgehead atoms. The maximum atomic E-state index is 12.2. The molecule has 1 saturated heterocycles. The van der Waals surface area contributed by atoms with Crippen LogP contribution in [0.2, 0.25) is 0 Å². The van der Waals surface area contributed by atoms with Crippen molar-refractivity contribution in [2.75, 3.05) is 45.6 Å². The minimum Gasteiger partial charge on any atom is -0.497 e. The van der Waals surface area contributed by atoms with Crippen molar-refractivity contribution in [1.29, 1.82) is 0 Å². The molecule has 1 aromatic carbocycles. The molecular formula is C20H34IN3O4S. The van der Waals surface area contributed by atoms with Crippen molar-refractivity contribution in [2.24, 2.45) is 4.99 Å². The molecule has 1 fully saturated rings. The minimum absolute atomic E-state index is 0. The number of hydrogen-bond acceptors (Lipinski definition) is 5. The first-order chi connectivity index (χ1) is 13.3. The SMILES string of the molecule is CCNC(=NCCCOCc1ccc(OC)cc1)N1CCS(=O)(=O)C(C)(C)C1.I. The van der Waals surface area contributed by atoms with Crippen LogP contribution in [0.3, 0.4) is 0 Å². The molecule has 0 radical (unpaired) electrons. The van der Waals surface area contributed by atoms with Gasteiger partial charge in [0.2, 0.25) is 0 Å². The lowest BCUT2D eigenvalue weighted by Gasteiger charge is -2.39. The van der Waals surface area contributed by atoms with Gasteiger partial charge in [-0.1, -0.05) is 12.1 Å². The molecule has 0 aliphatic carbocycles. The fourth-order valence-electron chi connectivity index (χ4n) is 3.01. The number of aliphatic imine (C=N–C) groups is 1. The first-order valence-electron chi connectivity index (χ1n) is 9.75. The van der Waals surface area contributed by atoms with E-state index < -0.39 is 14.6 Å². The van der Waals surface area contributed by atoms with Crippen molar-refractivity contribution in [1.82, 2.24) is 10.2 Å². The average Bonchev–Trinajstić information content (AvgIpc) is 2.66. The van der Waals surface area contributed by atoms with Crippen LogP contribution in [0.1, 0.15) is 32.8 Å². The zero-order valence-corrected chi connectivity index (χ0v) is 21.0. The van der Waals surface area contributed by atoms with E-state index in [1.54, 1.807) is 21.0 Å². The molecule has 1 aliphatic rings. The van der Waals surface area contributed by atoms with Gasteiger partial charge in [-0.05, 0) is 44.9 Å². The molecule has 2 rings (SSSR count). The van der Waals surface area contributed by atoms with E-state index in [0.29, 0.717) is 32.8 Å². The second-order valence-corrected chi connectivity index (χ2v) is 10.2. The molecular weight excluding hydrogens is 505 g/mol. The Labute approximate surface area is 192 Å². The Kier molecular flexibility index (Phi) is 10.7. The van der Waals surface area contributed by atoms with Gasteiger partial charge in [-0.15, -0.1) is 24.0 Å². The van der Waals surface area contributed by atoms with E-state index in [0.717, 1.165) is 30.2 Å². The summed E-state index contributed by atoms with van der Waals surface area (Å²) in [4.78, 5) is 6.70. The molecule has 1 heterocycles. The van der Waals surface area contributed by atoms with Gasteiger partial charge in [0.05, 0.1) is 24.2 Å². The van der Waals surface area contributed by atoms with Gasteiger partial charge < -0.3 is 19.7 Å². The Bertz CT molecular complexity index is 751. The summed E-state index contributed by atoms with van der Waals surface area (Å²) in [6.45, 7) is 9.07. The number of ether oxygens (including phenoxy) is 2. The lowest BCUT2D eigenvalue weighted by molar-refractivity contribution is 0.120. The van der Waals surface area contributed by atoms with Gasteiger partial charge in [-0.3, -0.25) is 4.99 Å². The fourth-order valence-corrected chi connectivity index (χ4v) is 4.38. The van der Waals surface area contributed by atoms with Crippen LogP contribution >= 0.6 is 24.0 Å². The Morgan fingerprint density at radius 2 is 1.97 bits per heavy atom. The van der Waals surface area contributed by atoms with Crippen LogP contribution in [-0.4, -0.2) is 69.7 Å². The van der Waals surface area contributed by atoms with Gasteiger partial charge in [-0.2, -0.15) is 0 Å². The molecule has 1 aliphatic heterocycles. The van der Waals surface area contributed by atoms with Gasteiger partial charge in [0, 0.05) is 32.8 Å². The van der Waals surface area contributed by atoms with E-state index >= 15 is 0 Å². The molecule has 0 amide bonds. The molecule has 29 heavy (non-hydrogen) atoms. The predicted octanol–water partition coefficient (Wildman–Crippen LogP) is 2.69. The number of halogens is 1. The van der Waals surface area contributed by atoms with E-state index in [2.05, 4.69) is 10.3 Å². The Balaban J connectivity index is 0.00000420. The number of nitrogens with zero attached hydrogens (tertiary/aromatic N) is 2. The summed E-state index contributed by atoms with van der Waals surface area (Å²) in [6, 6.07) is 7.83. The smallest absolute Gasteiger partial charge is 0.193 e. The Morgan fingerprint density at radius 1 is 1.28 bits per heavy atom. The van der Waals surface area contributed by atoms with E-state index in [4.69, 9.17) is 9.47 Å². The molecule has 0 atom stereocenters. The van der Waals surface area contributed by atoms with Gasteiger partial charge in [0.15, 0.2) is 15.8 Å². The average molecular weight is 539 g/mol. The highest BCUT2D eigenvalue weighted by atomic mass is 127. The lowest BCUT2D eigenvalue weighted by atomic mass is 10.2. The summed E-state index contributed by atoms with van der Waals surface area (Å²) in [5.41, 5.74) is 1.11. The van der Waals surface area contributed by atoms with Gasteiger partial charge in [0.25, 0.3) is 0 Å². The highest BCUT2D eigenvalue weighted by Gasteiger charge is 2.40. The normalized spacial score (nSPS) is 18.1. The molecule has 1 aromatic rings. The van der Waals surface area contributed by atoms with Gasteiger partial charge in [0.1, 0.15) is 5.75 Å². The summed E-state index contributed by atoms with van der Waals surface area (Å²) >= 11 is 0. The topological polar surface area (TPSA) is 80.2 Å². The van der Waals surface area contributed by atoms with Crippen molar-refractivity contribution in [3.63, 3.8) is 0 Å². The molecule has 166 valence electrons. The maximum Gasteiger partial charge on any atom is 0.193 e. The highest BCUT2D eigenvalue weighted by Crippen LogP contribution is 2.23. The first kappa shape index (κ1) is 26.0. The molecule has 7 nitrogen and oxygen atoms in total. The van der Waals surface area contributed by atoms with Crippen LogP contribution < -0.4 is 10.1 Å². The summed E-state index contributed by atoms with van der Waals surface area (Å²) in [6.07, 6.45) is 0.806. The summed E-state index contributed by atoms with van der Waals surface area (Å²) in [5, 5.41) is 3.27. The molecule has 9 heteroatoms. The van der Waals surface area contributed by atoms with Crippen LogP contribution in [0.5, 0.6) is 5.75 Å². The monoisotopic (exact) mass is 539 g/mol. The molecule has 0 saturated carbocycles. The van der Waals surface area contributed by atoms with Gasteiger partial charge >= 0.3 is 0 Å². The van der Waals surface area contributed by atoms with Crippen LogP contribution in [0, 0.1) is 0 Å². The number of benzene rings is 1. The zero-order valence-electron chi connectivity index (χ0n) is 17.8. The van der Waals surface area contributed by atoms with E-state index in [1.165, 1.54) is 0 Å². The highest BCUT2D eigenvalue weighted by molar-refractivity contribution is 14.0. The summed E-state index contributed by atoms with van der Waals surface area (Å²) < 4.78 is 34.5. The van der Waals surface area contributed by atoms with Crippen molar-refractivity contribution < 1.29 is 17.9 Å². The van der Waals surface area contributed by atoms with E-state index in [-0.39, 0.29) is 29.7 Å². The zero-order chi connectivity index (χ0) is 20.6. The Morgan fingerprint density at radius 3 is 2.55 bits per heavy atom. The standard InChI is InChI=1S/C20H33N3O4S.HI/c1-5-21-19(23-12-14-28(24,25)20(2,3)16-23)22-11-6-13-27-15-17-7-9-18(26-4)10-8-17;/h7-10H,5-6,11-16H2,1-4H3,(H,21,22);1H. The molecule has 0 unspecified atom stereocenters. The number of sulfone groups is 1. The first-order valence-corrected chi connectivity index (χ1v) is 11.4. The van der Waals surface area contributed by atoms with Crippen LogP contribution in [-0.2, 0) is 21.2 Å². The van der Waals surface area contributed by atoms with Crippen molar-refractivity contribution >= 4 is 39.8 Å². The van der Waals surface area contributed by atoms with E-state index in [1.807, 2.05) is 36.1 Å². The second-order valence-electron chi connectivity index (χ2n) is 7.49. The minimum atomic E-state index is -3.06. The summed E-state index contributed by atoms with van der Waals surface area (Å²) in [7, 11) is -1.41. The molecule has 1 N–H and O–H groups in total. The summed E-state index contributed by atoms with van der Waals surface area (Å²) in [5.74, 6) is 1.78. The van der Waals surface area contributed by atoms with Crippen molar-refractivity contribution in [2.45, 2.75) is 38.5 Å². The quantitative estimate of drug-likeness (QED) is 0.237. The van der Waals surface area contributed by atoms with Crippen molar-refractivity contribution in [3.05, 3.63) is 29.8 Å². The van der Waals surface area contributed by atoms with Crippen LogP contribution in [0.4, 0.5) is 0 Å². The molecule has 0 aromatic heterocycles. The third kappa shape index (κ3) is 7.60. The van der Waals surface area contributed by atoms with Gasteiger partial charge in [-0.25, -0.2) is 8.42 Å². The third-order valence-corrected chi connectivity index (χ3v) is 7.35. The van der Waals surface area contributed by atoms with Crippen LogP contribution in [0.15, 0.2) is 29.3 Å². The number of rotatable bonds is 8. The van der Waals surface area contributed by atoms with E-state index in [9.17, 15) is 8.42 Å². The largest absolute Gasteiger partial charge is 0.497 e. The van der Waals surface area contributed by atoms with Crippen molar-refractivity contribution in [3.8, 4) is 5.75 Å². The third-order valence-electron chi connectivity index (χ3n) is 4.81.